The van der Waals surface area contributed by atoms with E-state index in [1.807, 2.05) is 30.3 Å². The molecule has 23 heavy (non-hydrogen) atoms. The van der Waals surface area contributed by atoms with Crippen molar-refractivity contribution in [1.82, 2.24) is 19.2 Å². The van der Waals surface area contributed by atoms with E-state index in [9.17, 15) is 18.0 Å². The Morgan fingerprint density at radius 2 is 1.91 bits per heavy atom. The van der Waals surface area contributed by atoms with Gasteiger partial charge in [-0.2, -0.15) is 17.4 Å². The number of hydrogen-bond donors (Lipinski definition) is 2. The zero-order chi connectivity index (χ0) is 16.4. The van der Waals surface area contributed by atoms with Gasteiger partial charge in [0.05, 0.1) is 6.54 Å². The van der Waals surface area contributed by atoms with E-state index in [1.54, 1.807) is 0 Å². The molecule has 1 unspecified atom stereocenters. The summed E-state index contributed by atoms with van der Waals surface area (Å²) in [5.41, 5.74) is 0.847. The van der Waals surface area contributed by atoms with Gasteiger partial charge in [0.2, 0.25) is 11.8 Å². The first-order valence-corrected chi connectivity index (χ1v) is 8.77. The Balaban J connectivity index is 1.66. The van der Waals surface area contributed by atoms with Gasteiger partial charge in [-0.15, -0.1) is 0 Å². The lowest BCUT2D eigenvalue weighted by atomic mass is 10.1. The van der Waals surface area contributed by atoms with Gasteiger partial charge in [-0.25, -0.2) is 0 Å². The third kappa shape index (κ3) is 3.36. The maximum Gasteiger partial charge on any atom is 0.279 e. The van der Waals surface area contributed by atoms with Crippen LogP contribution in [-0.4, -0.2) is 61.7 Å². The molecule has 2 heterocycles. The van der Waals surface area contributed by atoms with Gasteiger partial charge in [-0.05, 0) is 5.56 Å². The molecule has 2 aliphatic rings. The van der Waals surface area contributed by atoms with Crippen LogP contribution in [0.5, 0.6) is 0 Å². The number of piperazine rings is 2. The normalized spacial score (nSPS) is 22.6. The molecule has 0 aromatic heterocycles. The Morgan fingerprint density at radius 1 is 1.17 bits per heavy atom. The zero-order valence-electron chi connectivity index (χ0n) is 12.4. The van der Waals surface area contributed by atoms with Crippen LogP contribution in [0.25, 0.3) is 0 Å². The van der Waals surface area contributed by atoms with Gasteiger partial charge in [-0.3, -0.25) is 9.59 Å². The van der Waals surface area contributed by atoms with E-state index in [4.69, 9.17) is 0 Å². The standard InChI is InChI=1S/C14H18N4O4S/c19-13-9-15-14(20)12-10-17(6-7-18(12)13)23(21,22)16-8-11-4-2-1-3-5-11/h1-5,12,16H,6-10H2,(H,15,20). The van der Waals surface area contributed by atoms with Crippen molar-refractivity contribution < 1.29 is 18.0 Å². The fourth-order valence-corrected chi connectivity index (χ4v) is 3.93. The molecule has 2 amide bonds. The molecule has 0 radical (unpaired) electrons. The highest BCUT2D eigenvalue weighted by Crippen LogP contribution is 2.16. The predicted octanol–water partition coefficient (Wildman–Crippen LogP) is -1.34. The minimum absolute atomic E-state index is 0.0195. The number of fused-ring (bicyclic) bond motifs is 1. The fraction of sp³-hybridized carbons (Fsp3) is 0.429. The van der Waals surface area contributed by atoms with E-state index in [-0.39, 0.29) is 44.5 Å². The van der Waals surface area contributed by atoms with Gasteiger partial charge >= 0.3 is 0 Å². The molecule has 9 heteroatoms. The second kappa shape index (κ2) is 6.26. The van der Waals surface area contributed by atoms with Crippen LogP contribution in [-0.2, 0) is 26.3 Å². The van der Waals surface area contributed by atoms with Crippen molar-refractivity contribution in [3.63, 3.8) is 0 Å². The molecule has 2 saturated heterocycles. The maximum absolute atomic E-state index is 12.4. The van der Waals surface area contributed by atoms with E-state index >= 15 is 0 Å². The number of carbonyl (C=O) groups excluding carboxylic acids is 2. The summed E-state index contributed by atoms with van der Waals surface area (Å²) >= 11 is 0. The van der Waals surface area contributed by atoms with E-state index in [1.165, 1.54) is 9.21 Å². The molecular weight excluding hydrogens is 320 g/mol. The van der Waals surface area contributed by atoms with Gasteiger partial charge in [0.15, 0.2) is 0 Å². The second-order valence-electron chi connectivity index (χ2n) is 5.49. The van der Waals surface area contributed by atoms with E-state index < -0.39 is 16.3 Å². The first-order chi connectivity index (χ1) is 11.0. The molecule has 0 bridgehead atoms. The molecule has 2 N–H and O–H groups in total. The Kier molecular flexibility index (Phi) is 4.33. The fourth-order valence-electron chi connectivity index (χ4n) is 2.74. The van der Waals surface area contributed by atoms with Crippen LogP contribution >= 0.6 is 0 Å². The number of amides is 2. The van der Waals surface area contributed by atoms with Crippen molar-refractivity contribution in [3.8, 4) is 0 Å². The van der Waals surface area contributed by atoms with Crippen LogP contribution in [0.3, 0.4) is 0 Å². The number of hydrogen-bond acceptors (Lipinski definition) is 4. The summed E-state index contributed by atoms with van der Waals surface area (Å²) in [5.74, 6) is -0.489. The third-order valence-electron chi connectivity index (χ3n) is 4.02. The van der Waals surface area contributed by atoms with Crippen LogP contribution in [0.4, 0.5) is 0 Å². The quantitative estimate of drug-likeness (QED) is 0.710. The highest BCUT2D eigenvalue weighted by molar-refractivity contribution is 7.87. The van der Waals surface area contributed by atoms with Gasteiger partial charge in [0, 0.05) is 26.2 Å². The number of rotatable bonds is 4. The first-order valence-electron chi connectivity index (χ1n) is 7.33. The van der Waals surface area contributed by atoms with E-state index in [0.29, 0.717) is 0 Å². The first kappa shape index (κ1) is 15.9. The van der Waals surface area contributed by atoms with E-state index in [2.05, 4.69) is 10.0 Å². The van der Waals surface area contributed by atoms with Crippen LogP contribution < -0.4 is 10.0 Å². The molecule has 2 fully saturated rings. The highest BCUT2D eigenvalue weighted by Gasteiger charge is 2.41. The molecule has 1 atom stereocenters. The van der Waals surface area contributed by atoms with Crippen LogP contribution in [0.15, 0.2) is 30.3 Å². The Labute approximate surface area is 134 Å². The molecule has 0 spiro atoms. The van der Waals surface area contributed by atoms with Crippen LogP contribution in [0, 0.1) is 0 Å². The topological polar surface area (TPSA) is 98.8 Å². The van der Waals surface area contributed by atoms with Crippen molar-refractivity contribution in [2.24, 2.45) is 0 Å². The molecule has 8 nitrogen and oxygen atoms in total. The molecular formula is C14H18N4O4S. The summed E-state index contributed by atoms with van der Waals surface area (Å²) in [6.07, 6.45) is 0. The average molecular weight is 338 g/mol. The molecule has 0 saturated carbocycles. The Bertz CT molecular complexity index is 707. The van der Waals surface area contributed by atoms with Crippen LogP contribution in [0.2, 0.25) is 0 Å². The van der Waals surface area contributed by atoms with Crippen molar-refractivity contribution in [3.05, 3.63) is 35.9 Å². The number of carbonyl (C=O) groups is 2. The molecule has 1 aromatic rings. The number of benzene rings is 1. The number of nitrogens with zero attached hydrogens (tertiary/aromatic N) is 2. The summed E-state index contributed by atoms with van der Waals surface area (Å²) in [6.45, 7) is 0.540. The molecule has 1 aromatic carbocycles. The SMILES string of the molecule is O=C1NCC(=O)N2CCN(S(=O)(=O)NCc3ccccc3)CC12. The van der Waals surface area contributed by atoms with Crippen molar-refractivity contribution in [2.45, 2.75) is 12.6 Å². The second-order valence-corrected chi connectivity index (χ2v) is 7.25. The lowest BCUT2D eigenvalue weighted by Crippen LogP contribution is -2.67. The minimum atomic E-state index is -3.71. The Morgan fingerprint density at radius 3 is 2.65 bits per heavy atom. The van der Waals surface area contributed by atoms with Crippen molar-refractivity contribution >= 4 is 22.0 Å². The summed E-state index contributed by atoms with van der Waals surface area (Å²) in [5, 5.41) is 2.49. The summed E-state index contributed by atoms with van der Waals surface area (Å²) in [7, 11) is -3.71. The number of nitrogens with one attached hydrogen (secondary N) is 2. The van der Waals surface area contributed by atoms with Gasteiger partial charge in [0.1, 0.15) is 6.04 Å². The minimum Gasteiger partial charge on any atom is -0.345 e. The maximum atomic E-state index is 12.4. The summed E-state index contributed by atoms with van der Waals surface area (Å²) in [6, 6.07) is 8.43. The smallest absolute Gasteiger partial charge is 0.279 e. The monoisotopic (exact) mass is 338 g/mol. The van der Waals surface area contributed by atoms with Crippen molar-refractivity contribution in [2.75, 3.05) is 26.2 Å². The summed E-state index contributed by atoms with van der Waals surface area (Å²) < 4.78 is 28.5. The highest BCUT2D eigenvalue weighted by atomic mass is 32.2. The van der Waals surface area contributed by atoms with Gasteiger partial charge in [0.25, 0.3) is 10.2 Å². The van der Waals surface area contributed by atoms with Gasteiger partial charge < -0.3 is 10.2 Å². The molecule has 3 rings (SSSR count). The Hall–Kier alpha value is -1.97. The molecule has 0 aliphatic carbocycles. The predicted molar refractivity (Wildman–Crippen MR) is 82.3 cm³/mol. The molecule has 2 aliphatic heterocycles. The van der Waals surface area contributed by atoms with Crippen LogP contribution in [0.1, 0.15) is 5.56 Å². The zero-order valence-corrected chi connectivity index (χ0v) is 13.3. The van der Waals surface area contributed by atoms with E-state index in [0.717, 1.165) is 5.56 Å². The average Bonchev–Trinajstić information content (AvgIpc) is 2.57. The van der Waals surface area contributed by atoms with Gasteiger partial charge in [-0.1, -0.05) is 30.3 Å². The summed E-state index contributed by atoms with van der Waals surface area (Å²) in [4.78, 5) is 25.1. The third-order valence-corrected chi connectivity index (χ3v) is 5.54. The largest absolute Gasteiger partial charge is 0.345 e. The van der Waals surface area contributed by atoms with Crippen molar-refractivity contribution in [1.29, 1.82) is 0 Å². The lowest BCUT2D eigenvalue weighted by Gasteiger charge is -2.42. The molecule has 124 valence electrons. The lowest BCUT2D eigenvalue weighted by molar-refractivity contribution is -0.147.